The monoisotopic (exact) mass is 298 g/mol. The van der Waals surface area contributed by atoms with Crippen LogP contribution in [0.25, 0.3) is 0 Å². The zero-order valence-corrected chi connectivity index (χ0v) is 10.7. The van der Waals surface area contributed by atoms with E-state index in [1.54, 1.807) is 0 Å². The first-order chi connectivity index (χ1) is 9.88. The fourth-order valence-corrected chi connectivity index (χ4v) is 1.35. The first kappa shape index (κ1) is 18.3. The topological polar surface area (TPSA) is 64.7 Å². The van der Waals surface area contributed by atoms with Crippen molar-refractivity contribution in [2.75, 3.05) is 0 Å². The van der Waals surface area contributed by atoms with Crippen LogP contribution in [0, 0.1) is 5.39 Å². The number of hydrogen-bond donors (Lipinski definition) is 1. The van der Waals surface area contributed by atoms with Gasteiger partial charge >= 0.3 is 7.25 Å². The molecular formula is C13H11BF4N2O. The van der Waals surface area contributed by atoms with Crippen molar-refractivity contribution in [3.63, 3.8) is 0 Å². The van der Waals surface area contributed by atoms with Gasteiger partial charge in [-0.2, -0.15) is 0 Å². The molecule has 0 bridgehead atoms. The Kier molecular flexibility index (Phi) is 8.07. The van der Waals surface area contributed by atoms with E-state index in [4.69, 9.17) is 10.8 Å². The van der Waals surface area contributed by atoms with Crippen molar-refractivity contribution in [3.8, 4) is 0 Å². The van der Waals surface area contributed by atoms with Gasteiger partial charge in [-0.3, -0.25) is 4.79 Å². The van der Waals surface area contributed by atoms with Gasteiger partial charge in [-0.15, -0.1) is 0 Å². The van der Waals surface area contributed by atoms with Crippen LogP contribution in [0.5, 0.6) is 0 Å². The van der Waals surface area contributed by atoms with Crippen LogP contribution in [-0.4, -0.2) is 13.0 Å². The SMILES string of the molecule is F[B-](F)(F)F.N#[NH+].O=C(c1ccccc1)c1ccccc1. The highest BCUT2D eigenvalue weighted by atomic mass is 19.5. The van der Waals surface area contributed by atoms with Crippen LogP contribution in [0.2, 0.25) is 0 Å². The predicted molar refractivity (Wildman–Crippen MR) is 69.2 cm³/mol. The fourth-order valence-electron chi connectivity index (χ4n) is 1.35. The number of halogens is 4. The van der Waals surface area contributed by atoms with Gasteiger partial charge in [0.2, 0.25) is 5.39 Å². The molecule has 2 aromatic carbocycles. The van der Waals surface area contributed by atoms with Gasteiger partial charge in [-0.05, 0) is 0 Å². The Balaban J connectivity index is 0.000000489. The third kappa shape index (κ3) is 8.94. The maximum absolute atomic E-state index is 11.8. The van der Waals surface area contributed by atoms with Crippen molar-refractivity contribution in [1.29, 1.82) is 5.39 Å². The lowest BCUT2D eigenvalue weighted by Crippen LogP contribution is -2.11. The fraction of sp³-hybridized carbons (Fsp3) is 0. The standard InChI is InChI=1S/C13H10O.BF4.N2/c14-13(11-7-3-1-4-8-11)12-9-5-2-6-10-12;2-1(3,4)5;1-2/h1-10H;;/q;-1;/p+1. The normalized spacial score (nSPS) is 9.43. The third-order valence-electron chi connectivity index (χ3n) is 2.07. The predicted octanol–water partition coefficient (Wildman–Crippen LogP) is 2.50. The van der Waals surface area contributed by atoms with E-state index in [0.29, 0.717) is 0 Å². The van der Waals surface area contributed by atoms with Crippen LogP contribution in [0.1, 0.15) is 15.9 Å². The smallest absolute Gasteiger partial charge is 0.418 e. The Labute approximate surface area is 118 Å². The highest BCUT2D eigenvalue weighted by Gasteiger charge is 2.20. The zero-order chi connectivity index (χ0) is 16.3. The molecule has 0 radical (unpaired) electrons. The lowest BCUT2D eigenvalue weighted by atomic mass is 10.0. The van der Waals surface area contributed by atoms with Crippen LogP contribution in [-0.2, 0) is 0 Å². The van der Waals surface area contributed by atoms with E-state index in [9.17, 15) is 22.1 Å². The second-order valence-corrected chi connectivity index (χ2v) is 3.56. The van der Waals surface area contributed by atoms with E-state index in [0.717, 1.165) is 11.1 Å². The van der Waals surface area contributed by atoms with Crippen molar-refractivity contribution in [3.05, 3.63) is 71.8 Å². The van der Waals surface area contributed by atoms with E-state index >= 15 is 0 Å². The summed E-state index contributed by atoms with van der Waals surface area (Å²) in [6.45, 7) is 0. The number of nitrogens with one attached hydrogen (secondary N) is 1. The molecule has 0 atom stereocenters. The van der Waals surface area contributed by atoms with Crippen LogP contribution in [0.4, 0.5) is 17.3 Å². The minimum absolute atomic E-state index is 0.0752. The summed E-state index contributed by atoms with van der Waals surface area (Å²) in [6.07, 6.45) is 0. The molecule has 2 aromatic rings. The van der Waals surface area contributed by atoms with E-state index in [-0.39, 0.29) is 5.78 Å². The Morgan fingerprint density at radius 3 is 1.24 bits per heavy atom. The molecule has 0 heterocycles. The van der Waals surface area contributed by atoms with E-state index < -0.39 is 7.25 Å². The van der Waals surface area contributed by atoms with E-state index in [1.165, 1.54) is 0 Å². The number of ketones is 1. The van der Waals surface area contributed by atoms with Crippen molar-refractivity contribution >= 4 is 13.0 Å². The minimum Gasteiger partial charge on any atom is -0.418 e. The second kappa shape index (κ2) is 9.26. The number of nitrogens with zero attached hydrogens (tertiary/aromatic N) is 1. The molecule has 0 fully saturated rings. The van der Waals surface area contributed by atoms with Crippen LogP contribution >= 0.6 is 0 Å². The van der Waals surface area contributed by atoms with E-state index in [2.05, 4.69) is 0 Å². The highest BCUT2D eigenvalue weighted by molar-refractivity contribution is 6.50. The average Bonchev–Trinajstić information content (AvgIpc) is 2.49. The molecule has 0 aliphatic heterocycles. The Morgan fingerprint density at radius 2 is 1.00 bits per heavy atom. The molecule has 0 spiro atoms. The third-order valence-corrected chi connectivity index (χ3v) is 2.07. The maximum atomic E-state index is 11.8. The molecule has 0 amide bonds. The molecule has 0 aliphatic rings. The van der Waals surface area contributed by atoms with Gasteiger partial charge < -0.3 is 17.3 Å². The minimum atomic E-state index is -6.00. The molecule has 0 saturated carbocycles. The molecule has 8 heteroatoms. The van der Waals surface area contributed by atoms with Crippen LogP contribution in [0.15, 0.2) is 60.7 Å². The number of carbonyl (C=O) groups excluding carboxylic acids is 1. The summed E-state index contributed by atoms with van der Waals surface area (Å²) >= 11 is 0. The molecule has 110 valence electrons. The molecule has 0 unspecified atom stereocenters. The molecule has 0 aliphatic carbocycles. The second-order valence-electron chi connectivity index (χ2n) is 3.56. The van der Waals surface area contributed by atoms with Gasteiger partial charge in [0.25, 0.3) is 0 Å². The van der Waals surface area contributed by atoms with Gasteiger partial charge in [0, 0.05) is 11.1 Å². The van der Waals surface area contributed by atoms with Crippen LogP contribution in [0.3, 0.4) is 0 Å². The Hall–Kier alpha value is -2.69. The number of hydrogen-bond acceptors (Lipinski definition) is 2. The Morgan fingerprint density at radius 1 is 0.762 bits per heavy atom. The van der Waals surface area contributed by atoms with E-state index in [1.807, 2.05) is 60.7 Å². The molecule has 21 heavy (non-hydrogen) atoms. The summed E-state index contributed by atoms with van der Waals surface area (Å²) in [5.74, 6) is 0.0752. The number of benzene rings is 2. The van der Waals surface area contributed by atoms with Crippen molar-refractivity contribution < 1.29 is 27.5 Å². The van der Waals surface area contributed by atoms with Gasteiger partial charge in [-0.25, -0.2) is 0 Å². The quantitative estimate of drug-likeness (QED) is 0.401. The maximum Gasteiger partial charge on any atom is 0.673 e. The number of rotatable bonds is 2. The summed E-state index contributed by atoms with van der Waals surface area (Å²) in [7, 11) is -6.00. The Bertz CT molecular complexity index is 511. The lowest BCUT2D eigenvalue weighted by molar-refractivity contribution is -0.175. The average molecular weight is 298 g/mol. The molecule has 3 nitrogen and oxygen atoms in total. The van der Waals surface area contributed by atoms with Crippen molar-refractivity contribution in [2.24, 2.45) is 0 Å². The van der Waals surface area contributed by atoms with Gasteiger partial charge in [-0.1, -0.05) is 60.7 Å². The van der Waals surface area contributed by atoms with Crippen LogP contribution < -0.4 is 5.39 Å². The summed E-state index contributed by atoms with van der Waals surface area (Å²) in [5.41, 5.74) is 1.47. The van der Waals surface area contributed by atoms with Gasteiger partial charge in [0.15, 0.2) is 5.78 Å². The summed E-state index contributed by atoms with van der Waals surface area (Å²) in [4.78, 5) is 11.8. The number of diazo groups is 1. The highest BCUT2D eigenvalue weighted by Crippen LogP contribution is 2.08. The number of carbonyl (C=O) groups is 1. The van der Waals surface area contributed by atoms with Gasteiger partial charge in [0.05, 0.1) is 5.39 Å². The molecule has 2 rings (SSSR count). The molecule has 0 saturated heterocycles. The molecule has 0 aromatic heterocycles. The summed E-state index contributed by atoms with van der Waals surface area (Å²) in [5, 5.41) is 11.0. The van der Waals surface area contributed by atoms with Crippen molar-refractivity contribution in [1.82, 2.24) is 0 Å². The molecule has 1 N–H and O–H groups in total. The zero-order valence-electron chi connectivity index (χ0n) is 10.7. The largest absolute Gasteiger partial charge is 0.673 e. The first-order valence-corrected chi connectivity index (χ1v) is 5.62. The summed E-state index contributed by atoms with van der Waals surface area (Å²) in [6, 6.07) is 18.6. The summed E-state index contributed by atoms with van der Waals surface area (Å²) < 4.78 is 39.0. The first-order valence-electron chi connectivity index (χ1n) is 5.62. The van der Waals surface area contributed by atoms with Gasteiger partial charge in [0.1, 0.15) is 0 Å². The molecular weight excluding hydrogens is 287 g/mol. The lowest BCUT2D eigenvalue weighted by Gasteiger charge is -1.99. The van der Waals surface area contributed by atoms with Crippen molar-refractivity contribution in [2.45, 2.75) is 0 Å².